The molecule has 0 saturated carbocycles. The molecular formula is C21H21N5O2. The first-order valence-electron chi connectivity index (χ1n) is 9.49. The molecule has 7 heteroatoms. The molecule has 0 bridgehead atoms. The highest BCUT2D eigenvalue weighted by atomic mass is 16.5. The molecule has 5 rings (SSSR count). The van der Waals surface area contributed by atoms with E-state index in [0.29, 0.717) is 18.3 Å². The van der Waals surface area contributed by atoms with Crippen LogP contribution in [0.4, 0.5) is 0 Å². The highest BCUT2D eigenvalue weighted by Crippen LogP contribution is 2.21. The van der Waals surface area contributed by atoms with Crippen LogP contribution in [0.5, 0.6) is 0 Å². The zero-order chi connectivity index (χ0) is 18.8. The third-order valence-electron chi connectivity index (χ3n) is 4.98. The predicted octanol–water partition coefficient (Wildman–Crippen LogP) is 2.97. The molecule has 28 heavy (non-hydrogen) atoms. The van der Waals surface area contributed by atoms with Crippen LogP contribution in [0.25, 0.3) is 22.5 Å². The molecule has 0 N–H and O–H groups in total. The van der Waals surface area contributed by atoms with Crippen molar-refractivity contribution >= 4 is 11.0 Å². The molecule has 4 aromatic rings. The summed E-state index contributed by atoms with van der Waals surface area (Å²) in [6.45, 7) is 4.65. The van der Waals surface area contributed by atoms with E-state index >= 15 is 0 Å². The number of rotatable bonds is 5. The number of imidazole rings is 1. The van der Waals surface area contributed by atoms with E-state index in [9.17, 15) is 0 Å². The fourth-order valence-electron chi connectivity index (χ4n) is 3.53. The summed E-state index contributed by atoms with van der Waals surface area (Å²) >= 11 is 0. The molecule has 1 aliphatic rings. The minimum atomic E-state index is 0.500. The fraction of sp³-hybridized carbons (Fsp3) is 0.286. The molecule has 1 saturated heterocycles. The second-order valence-corrected chi connectivity index (χ2v) is 6.86. The first-order chi connectivity index (χ1) is 13.9. The van der Waals surface area contributed by atoms with E-state index in [4.69, 9.17) is 14.1 Å². The van der Waals surface area contributed by atoms with Gasteiger partial charge in [-0.2, -0.15) is 0 Å². The van der Waals surface area contributed by atoms with E-state index in [2.05, 4.69) is 25.7 Å². The summed E-state index contributed by atoms with van der Waals surface area (Å²) in [5, 5.41) is 8.48. The first-order valence-corrected chi connectivity index (χ1v) is 9.49. The van der Waals surface area contributed by atoms with Gasteiger partial charge in [0.25, 0.3) is 0 Å². The van der Waals surface area contributed by atoms with Crippen molar-refractivity contribution in [2.75, 3.05) is 26.3 Å². The third-order valence-corrected chi connectivity index (χ3v) is 4.98. The Balaban J connectivity index is 1.46. The van der Waals surface area contributed by atoms with Crippen molar-refractivity contribution in [2.45, 2.75) is 13.1 Å². The summed E-state index contributed by atoms with van der Waals surface area (Å²) in [4.78, 5) is 7.22. The molecule has 0 amide bonds. The Kier molecular flexibility index (Phi) is 4.60. The Morgan fingerprint density at radius 3 is 2.50 bits per heavy atom. The van der Waals surface area contributed by atoms with E-state index in [1.165, 1.54) is 0 Å². The van der Waals surface area contributed by atoms with Crippen LogP contribution in [0.15, 0.2) is 59.0 Å². The largest absolute Gasteiger partial charge is 0.419 e. The van der Waals surface area contributed by atoms with E-state index < -0.39 is 0 Å². The Morgan fingerprint density at radius 2 is 1.64 bits per heavy atom. The van der Waals surface area contributed by atoms with Crippen molar-refractivity contribution in [3.63, 3.8) is 0 Å². The van der Waals surface area contributed by atoms with Crippen molar-refractivity contribution in [3.05, 3.63) is 66.3 Å². The van der Waals surface area contributed by atoms with E-state index in [1.807, 2.05) is 48.5 Å². The number of hydrogen-bond donors (Lipinski definition) is 0. The minimum Gasteiger partial charge on any atom is -0.419 e. The van der Waals surface area contributed by atoms with Gasteiger partial charge in [-0.25, -0.2) is 4.98 Å². The molecule has 3 heterocycles. The fourth-order valence-corrected chi connectivity index (χ4v) is 3.53. The van der Waals surface area contributed by atoms with Crippen molar-refractivity contribution in [1.82, 2.24) is 24.6 Å². The molecule has 2 aromatic heterocycles. The summed E-state index contributed by atoms with van der Waals surface area (Å²) in [6, 6.07) is 18.0. The van der Waals surface area contributed by atoms with Crippen molar-refractivity contribution in [1.29, 1.82) is 0 Å². The van der Waals surface area contributed by atoms with Crippen LogP contribution in [0.3, 0.4) is 0 Å². The summed E-state index contributed by atoms with van der Waals surface area (Å²) in [6.07, 6.45) is 0. The number of aromatic nitrogens is 4. The summed E-state index contributed by atoms with van der Waals surface area (Å²) < 4.78 is 13.6. The molecule has 7 nitrogen and oxygen atoms in total. The molecule has 1 aliphatic heterocycles. The molecule has 0 radical (unpaired) electrons. The molecule has 142 valence electrons. The number of morpholine rings is 1. The van der Waals surface area contributed by atoms with Crippen LogP contribution in [0.2, 0.25) is 0 Å². The Hall–Kier alpha value is -3.03. The molecule has 2 aromatic carbocycles. The Labute approximate surface area is 162 Å². The topological polar surface area (TPSA) is 69.2 Å². The van der Waals surface area contributed by atoms with Gasteiger partial charge in [0, 0.05) is 18.7 Å². The second-order valence-electron chi connectivity index (χ2n) is 6.86. The van der Waals surface area contributed by atoms with Gasteiger partial charge in [0.1, 0.15) is 12.4 Å². The number of benzene rings is 2. The lowest BCUT2D eigenvalue weighted by atomic mass is 10.2. The van der Waals surface area contributed by atoms with Crippen molar-refractivity contribution < 1.29 is 9.15 Å². The summed E-state index contributed by atoms with van der Waals surface area (Å²) in [7, 11) is 0. The Morgan fingerprint density at radius 1 is 0.857 bits per heavy atom. The first kappa shape index (κ1) is 17.1. The van der Waals surface area contributed by atoms with Gasteiger partial charge in [0.2, 0.25) is 11.8 Å². The maximum atomic E-state index is 5.93. The number of ether oxygens (including phenoxy) is 1. The average Bonchev–Trinajstić information content (AvgIpc) is 3.35. The number of fused-ring (bicyclic) bond motifs is 1. The molecule has 0 unspecified atom stereocenters. The summed E-state index contributed by atoms with van der Waals surface area (Å²) in [5.74, 6) is 2.11. The van der Waals surface area contributed by atoms with Crippen LogP contribution in [0.1, 0.15) is 11.7 Å². The molecule has 1 fully saturated rings. The summed E-state index contributed by atoms with van der Waals surface area (Å²) in [5.41, 5.74) is 2.98. The van der Waals surface area contributed by atoms with Gasteiger partial charge in [0.05, 0.1) is 30.8 Å². The lowest BCUT2D eigenvalue weighted by Crippen LogP contribution is -2.36. The second kappa shape index (κ2) is 7.53. The van der Waals surface area contributed by atoms with E-state index in [0.717, 1.165) is 55.3 Å². The van der Waals surface area contributed by atoms with Gasteiger partial charge >= 0.3 is 0 Å². The van der Waals surface area contributed by atoms with Gasteiger partial charge in [-0.3, -0.25) is 4.90 Å². The van der Waals surface area contributed by atoms with Gasteiger partial charge < -0.3 is 13.7 Å². The van der Waals surface area contributed by atoms with Crippen molar-refractivity contribution in [3.8, 4) is 11.5 Å². The quantitative estimate of drug-likeness (QED) is 0.534. The number of nitrogens with zero attached hydrogens (tertiary/aromatic N) is 5. The van der Waals surface area contributed by atoms with Crippen LogP contribution in [-0.2, 0) is 17.8 Å². The van der Waals surface area contributed by atoms with Crippen LogP contribution < -0.4 is 0 Å². The van der Waals surface area contributed by atoms with Crippen molar-refractivity contribution in [2.24, 2.45) is 0 Å². The van der Waals surface area contributed by atoms with Crippen LogP contribution >= 0.6 is 0 Å². The average molecular weight is 375 g/mol. The van der Waals surface area contributed by atoms with E-state index in [1.54, 1.807) is 0 Å². The highest BCUT2D eigenvalue weighted by molar-refractivity contribution is 5.76. The third kappa shape index (κ3) is 3.42. The zero-order valence-corrected chi connectivity index (χ0v) is 15.5. The lowest BCUT2D eigenvalue weighted by molar-refractivity contribution is 0.0327. The minimum absolute atomic E-state index is 0.500. The monoisotopic (exact) mass is 375 g/mol. The molecule has 0 aliphatic carbocycles. The van der Waals surface area contributed by atoms with Gasteiger partial charge in [-0.05, 0) is 24.3 Å². The maximum absolute atomic E-state index is 5.93. The zero-order valence-electron chi connectivity index (χ0n) is 15.5. The standard InChI is InChI=1S/C21H21N5O2/c1-2-6-16(7-3-1)21-24-23-20(28-21)15-26-18-9-5-4-8-17(18)22-19(26)14-25-10-12-27-13-11-25/h1-9H,10-15H2. The van der Waals surface area contributed by atoms with Gasteiger partial charge in [-0.1, -0.05) is 30.3 Å². The maximum Gasteiger partial charge on any atom is 0.247 e. The van der Waals surface area contributed by atoms with E-state index in [-0.39, 0.29) is 0 Å². The lowest BCUT2D eigenvalue weighted by Gasteiger charge is -2.26. The van der Waals surface area contributed by atoms with Crippen LogP contribution in [-0.4, -0.2) is 51.0 Å². The molecule has 0 spiro atoms. The number of hydrogen-bond acceptors (Lipinski definition) is 6. The predicted molar refractivity (Wildman–Crippen MR) is 105 cm³/mol. The molecular weight excluding hydrogens is 354 g/mol. The van der Waals surface area contributed by atoms with Gasteiger partial charge in [-0.15, -0.1) is 10.2 Å². The number of para-hydroxylation sites is 2. The Bertz CT molecular complexity index is 1070. The van der Waals surface area contributed by atoms with Gasteiger partial charge in [0.15, 0.2) is 0 Å². The molecule has 0 atom stereocenters. The van der Waals surface area contributed by atoms with Crippen LogP contribution in [0, 0.1) is 0 Å². The normalized spacial score (nSPS) is 15.3. The SMILES string of the molecule is c1ccc(-c2nnc(Cn3c(CN4CCOCC4)nc4ccccc43)o2)cc1. The smallest absolute Gasteiger partial charge is 0.247 e. The highest BCUT2D eigenvalue weighted by Gasteiger charge is 2.18.